The Balaban J connectivity index is -0.000000116. The van der Waals surface area contributed by atoms with Crippen LogP contribution in [0, 0.1) is 13.0 Å². The van der Waals surface area contributed by atoms with Gasteiger partial charge in [0.25, 0.3) is 0 Å². The molecule has 0 bridgehead atoms. The van der Waals surface area contributed by atoms with Crippen molar-refractivity contribution in [3.63, 3.8) is 0 Å². The van der Waals surface area contributed by atoms with Crippen molar-refractivity contribution in [3.05, 3.63) is 56.0 Å². The fourth-order valence-corrected chi connectivity index (χ4v) is 0.342. The predicted molar refractivity (Wildman–Crippen MR) is 56.9 cm³/mol. The first kappa shape index (κ1) is 17.2. The second-order valence-corrected chi connectivity index (χ2v) is 1.37. The van der Waals surface area contributed by atoms with Crippen molar-refractivity contribution in [2.24, 2.45) is 0 Å². The maximum atomic E-state index is 3.25. The van der Waals surface area contributed by atoms with Gasteiger partial charge in [-0.2, -0.15) is 36.4 Å². The summed E-state index contributed by atoms with van der Waals surface area (Å²) in [6.45, 7) is 6.50. The van der Waals surface area contributed by atoms with Gasteiger partial charge < -0.3 is 0 Å². The van der Waals surface area contributed by atoms with E-state index in [-0.39, 0.29) is 40.0 Å². The third-order valence-corrected chi connectivity index (χ3v) is 0.607. The maximum Gasteiger partial charge on any atom is 2.00 e. The molecule has 1 aromatic rings. The standard InChI is InChI=1S/C6H5.C3H5.BrH.Mg/c1-2-4-6-5-3-1;1-3-2;;/h1-5H;3H,1-2H2;1H;/q2*-1;;+2. The van der Waals surface area contributed by atoms with Gasteiger partial charge in [0.15, 0.2) is 0 Å². The molecule has 0 saturated heterocycles. The minimum Gasteiger partial charge on any atom is -0.245 e. The molecule has 56 valence electrons. The van der Waals surface area contributed by atoms with Crippen LogP contribution >= 0.6 is 17.0 Å². The predicted octanol–water partition coefficient (Wildman–Crippen LogP) is 2.69. The van der Waals surface area contributed by atoms with Crippen molar-refractivity contribution < 1.29 is 0 Å². The number of allylic oxidation sites excluding steroid dienone is 1. The molecule has 0 nitrogen and oxygen atoms in total. The molecule has 1 rings (SSSR count). The van der Waals surface area contributed by atoms with Crippen LogP contribution in [0.2, 0.25) is 0 Å². The summed E-state index contributed by atoms with van der Waals surface area (Å²) in [6, 6.07) is 12.5. The monoisotopic (exact) mass is 222 g/mol. The minimum absolute atomic E-state index is 0. The molecule has 0 atom stereocenters. The van der Waals surface area contributed by atoms with Crippen LogP contribution in [0.5, 0.6) is 0 Å². The van der Waals surface area contributed by atoms with E-state index in [2.05, 4.69) is 19.6 Å². The molecule has 0 aliphatic carbocycles. The zero-order valence-corrected chi connectivity index (χ0v) is 9.62. The second kappa shape index (κ2) is 16.6. The van der Waals surface area contributed by atoms with Gasteiger partial charge in [0.2, 0.25) is 0 Å². The molecule has 0 saturated carbocycles. The number of rotatable bonds is 0. The maximum absolute atomic E-state index is 3.25. The van der Waals surface area contributed by atoms with Crippen molar-refractivity contribution in [2.45, 2.75) is 0 Å². The minimum atomic E-state index is 0. The van der Waals surface area contributed by atoms with Crippen molar-refractivity contribution in [3.8, 4) is 0 Å². The summed E-state index contributed by atoms with van der Waals surface area (Å²) in [6.07, 6.45) is 1.50. The Kier molecular flexibility index (Phi) is 26.0. The fraction of sp³-hybridized carbons (Fsp3) is 0. The van der Waals surface area contributed by atoms with Crippen molar-refractivity contribution in [2.75, 3.05) is 0 Å². The Hall–Kier alpha value is 0.0762. The van der Waals surface area contributed by atoms with Gasteiger partial charge in [-0.1, -0.05) is 0 Å². The first-order valence-electron chi connectivity index (χ1n) is 2.73. The first-order valence-corrected chi connectivity index (χ1v) is 2.73. The van der Waals surface area contributed by atoms with Gasteiger partial charge >= 0.3 is 23.1 Å². The summed E-state index contributed by atoms with van der Waals surface area (Å²) < 4.78 is 0. The second-order valence-electron chi connectivity index (χ2n) is 1.37. The normalized spacial score (nSPS) is 5.45. The van der Waals surface area contributed by atoms with Gasteiger partial charge in [-0.05, 0) is 0 Å². The zero-order valence-electron chi connectivity index (χ0n) is 6.49. The van der Waals surface area contributed by atoms with Crippen LogP contribution in [0.1, 0.15) is 0 Å². The Morgan fingerprint density at radius 2 is 1.55 bits per heavy atom. The molecule has 0 aliphatic heterocycles. The van der Waals surface area contributed by atoms with Gasteiger partial charge in [-0.15, -0.1) is 17.0 Å². The first-order chi connectivity index (χ1) is 4.41. The molecule has 0 aromatic heterocycles. The molecule has 0 aliphatic rings. The summed E-state index contributed by atoms with van der Waals surface area (Å²) >= 11 is 0. The number of hydrogen-bond donors (Lipinski definition) is 0. The largest absolute Gasteiger partial charge is 2.00 e. The topological polar surface area (TPSA) is 0 Å². The van der Waals surface area contributed by atoms with Crippen LogP contribution in [0.4, 0.5) is 0 Å². The van der Waals surface area contributed by atoms with E-state index >= 15 is 0 Å². The summed E-state index contributed by atoms with van der Waals surface area (Å²) in [5.74, 6) is 0. The molecule has 11 heavy (non-hydrogen) atoms. The molecule has 0 fully saturated rings. The Morgan fingerprint density at radius 3 is 1.64 bits per heavy atom. The van der Waals surface area contributed by atoms with E-state index in [1.165, 1.54) is 6.08 Å². The quantitative estimate of drug-likeness (QED) is 0.468. The smallest absolute Gasteiger partial charge is 0.245 e. The molecular formula is C9H11BrMg. The number of benzene rings is 1. The van der Waals surface area contributed by atoms with E-state index in [4.69, 9.17) is 0 Å². The van der Waals surface area contributed by atoms with E-state index in [1.807, 2.05) is 30.3 Å². The summed E-state index contributed by atoms with van der Waals surface area (Å²) in [4.78, 5) is 0. The Morgan fingerprint density at radius 1 is 1.18 bits per heavy atom. The molecule has 0 N–H and O–H groups in total. The van der Waals surface area contributed by atoms with Gasteiger partial charge in [0, 0.05) is 0 Å². The van der Waals surface area contributed by atoms with Crippen LogP contribution in [0.3, 0.4) is 0 Å². The Labute approximate surface area is 95.6 Å². The molecule has 0 spiro atoms. The SMILES string of the molecule is Br.C=C[CH2-].[Mg+2].[c-]1ccccc1. The van der Waals surface area contributed by atoms with Crippen LogP contribution in [0.25, 0.3) is 0 Å². The number of hydrogen-bond acceptors (Lipinski definition) is 0. The average molecular weight is 223 g/mol. The molecule has 0 unspecified atom stereocenters. The number of halogens is 1. The summed E-state index contributed by atoms with van der Waals surface area (Å²) in [5, 5.41) is 0. The molecule has 0 amide bonds. The van der Waals surface area contributed by atoms with Crippen LogP contribution in [-0.2, 0) is 0 Å². The third-order valence-electron chi connectivity index (χ3n) is 0.607. The van der Waals surface area contributed by atoms with Crippen LogP contribution in [-0.4, -0.2) is 23.1 Å². The third kappa shape index (κ3) is 17.8. The van der Waals surface area contributed by atoms with E-state index in [9.17, 15) is 0 Å². The molecule has 2 heteroatoms. The van der Waals surface area contributed by atoms with Crippen molar-refractivity contribution in [1.29, 1.82) is 0 Å². The molecule has 1 aromatic carbocycles. The molecular weight excluding hydrogens is 212 g/mol. The fourth-order valence-electron chi connectivity index (χ4n) is 0.342. The van der Waals surface area contributed by atoms with E-state index in [0.717, 1.165) is 0 Å². The van der Waals surface area contributed by atoms with Crippen molar-refractivity contribution in [1.82, 2.24) is 0 Å². The van der Waals surface area contributed by atoms with E-state index < -0.39 is 0 Å². The van der Waals surface area contributed by atoms with Gasteiger partial charge in [0.1, 0.15) is 0 Å². The zero-order chi connectivity index (χ0) is 6.95. The summed E-state index contributed by atoms with van der Waals surface area (Å²) in [5.41, 5.74) is 0. The van der Waals surface area contributed by atoms with E-state index in [1.54, 1.807) is 0 Å². The molecule has 0 radical (unpaired) electrons. The average Bonchev–Trinajstić information content (AvgIpc) is 1.93. The van der Waals surface area contributed by atoms with Gasteiger partial charge in [0.05, 0.1) is 0 Å². The van der Waals surface area contributed by atoms with Crippen LogP contribution in [0.15, 0.2) is 43.0 Å². The van der Waals surface area contributed by atoms with Crippen molar-refractivity contribution >= 4 is 40.0 Å². The summed E-state index contributed by atoms with van der Waals surface area (Å²) in [7, 11) is 0. The van der Waals surface area contributed by atoms with Gasteiger partial charge in [-0.3, -0.25) is 0 Å². The van der Waals surface area contributed by atoms with E-state index in [0.29, 0.717) is 0 Å². The van der Waals surface area contributed by atoms with Gasteiger partial charge in [-0.25, -0.2) is 19.6 Å². The Bertz CT molecular complexity index is 113. The van der Waals surface area contributed by atoms with Crippen LogP contribution < -0.4 is 0 Å². The molecule has 0 heterocycles.